The molecule has 2 aromatic carbocycles. The van der Waals surface area contributed by atoms with Crippen LogP contribution in [0, 0.1) is 20.8 Å². The van der Waals surface area contributed by atoms with Gasteiger partial charge in [-0.05, 0) is 56.2 Å². The number of hydrogen-bond donors (Lipinski definition) is 1. The third-order valence-electron chi connectivity index (χ3n) is 3.96. The summed E-state index contributed by atoms with van der Waals surface area (Å²) in [6, 6.07) is 11.9. The number of anilines is 1. The van der Waals surface area contributed by atoms with Gasteiger partial charge in [-0.25, -0.2) is 4.98 Å². The van der Waals surface area contributed by atoms with Gasteiger partial charge in [0.15, 0.2) is 0 Å². The van der Waals surface area contributed by atoms with Crippen molar-refractivity contribution in [1.82, 2.24) is 4.98 Å². The number of benzene rings is 2. The highest BCUT2D eigenvalue weighted by Crippen LogP contribution is 2.27. The third kappa shape index (κ3) is 3.77. The predicted octanol–water partition coefficient (Wildman–Crippen LogP) is 6.50. The average molecular weight is 382 g/mol. The molecule has 0 saturated heterocycles. The van der Waals surface area contributed by atoms with Crippen LogP contribution in [0.5, 0.6) is 0 Å². The van der Waals surface area contributed by atoms with Gasteiger partial charge in [0.05, 0.1) is 5.52 Å². The number of halogens is 3. The molecule has 0 amide bonds. The molecule has 0 aliphatic carbocycles. The molecular weight excluding hydrogens is 363 g/mol. The van der Waals surface area contributed by atoms with Crippen molar-refractivity contribution in [2.24, 2.45) is 0 Å². The summed E-state index contributed by atoms with van der Waals surface area (Å²) in [7, 11) is 0. The molecule has 0 radical (unpaired) electrons. The standard InChI is InChI=1S/C19H18Cl2N2.ClH/c1-11-7-13(3)19-14(8-11)12(2)9-18(23-19)22-10-15-16(20)5-4-6-17(15)21;/h4-9H,10H2,1-3H3,(H,22,23);1H. The molecule has 24 heavy (non-hydrogen) atoms. The lowest BCUT2D eigenvalue weighted by Crippen LogP contribution is -2.04. The van der Waals surface area contributed by atoms with Gasteiger partial charge in [-0.3, -0.25) is 0 Å². The topological polar surface area (TPSA) is 24.9 Å². The smallest absolute Gasteiger partial charge is 0.127 e. The van der Waals surface area contributed by atoms with Crippen molar-refractivity contribution in [3.8, 4) is 0 Å². The number of pyridine rings is 1. The molecule has 0 saturated carbocycles. The molecule has 0 atom stereocenters. The van der Waals surface area contributed by atoms with Crippen molar-refractivity contribution in [3.63, 3.8) is 0 Å². The Morgan fingerprint density at radius 2 is 1.62 bits per heavy atom. The average Bonchev–Trinajstić information content (AvgIpc) is 2.48. The summed E-state index contributed by atoms with van der Waals surface area (Å²) in [5.41, 5.74) is 5.56. The molecule has 1 heterocycles. The largest absolute Gasteiger partial charge is 0.366 e. The van der Waals surface area contributed by atoms with E-state index >= 15 is 0 Å². The van der Waals surface area contributed by atoms with E-state index in [1.165, 1.54) is 22.1 Å². The Morgan fingerprint density at radius 1 is 0.958 bits per heavy atom. The van der Waals surface area contributed by atoms with Gasteiger partial charge in [0.1, 0.15) is 5.82 Å². The van der Waals surface area contributed by atoms with Crippen LogP contribution in [0.2, 0.25) is 10.0 Å². The number of aryl methyl sites for hydroxylation is 3. The first-order valence-electron chi connectivity index (χ1n) is 7.51. The second-order valence-corrected chi connectivity index (χ2v) is 6.67. The van der Waals surface area contributed by atoms with Crippen molar-refractivity contribution in [2.45, 2.75) is 27.3 Å². The van der Waals surface area contributed by atoms with Crippen molar-refractivity contribution in [3.05, 3.63) is 68.7 Å². The Hall–Kier alpha value is -1.48. The molecule has 126 valence electrons. The van der Waals surface area contributed by atoms with Gasteiger partial charge < -0.3 is 5.32 Å². The Bertz CT molecular complexity index is 871. The zero-order valence-corrected chi connectivity index (χ0v) is 16.1. The molecule has 0 aliphatic heterocycles. The maximum absolute atomic E-state index is 6.22. The molecule has 3 rings (SSSR count). The normalized spacial score (nSPS) is 10.5. The van der Waals surface area contributed by atoms with E-state index in [1.807, 2.05) is 18.2 Å². The number of hydrogen-bond acceptors (Lipinski definition) is 2. The van der Waals surface area contributed by atoms with Gasteiger partial charge in [-0.15, -0.1) is 12.4 Å². The van der Waals surface area contributed by atoms with E-state index in [0.29, 0.717) is 16.6 Å². The molecule has 0 spiro atoms. The van der Waals surface area contributed by atoms with Gasteiger partial charge in [0, 0.05) is 27.5 Å². The quantitative estimate of drug-likeness (QED) is 0.560. The minimum Gasteiger partial charge on any atom is -0.366 e. The van der Waals surface area contributed by atoms with E-state index in [-0.39, 0.29) is 12.4 Å². The van der Waals surface area contributed by atoms with E-state index in [4.69, 9.17) is 28.2 Å². The fourth-order valence-electron chi connectivity index (χ4n) is 2.82. The Labute approximate surface area is 158 Å². The fourth-order valence-corrected chi connectivity index (χ4v) is 3.35. The molecule has 1 aromatic heterocycles. The minimum atomic E-state index is 0. The maximum Gasteiger partial charge on any atom is 0.127 e. The molecule has 2 nitrogen and oxygen atoms in total. The molecular formula is C19H19Cl3N2. The highest BCUT2D eigenvalue weighted by molar-refractivity contribution is 6.36. The van der Waals surface area contributed by atoms with Gasteiger partial charge in [0.25, 0.3) is 0 Å². The van der Waals surface area contributed by atoms with E-state index in [2.05, 4.69) is 44.3 Å². The van der Waals surface area contributed by atoms with Crippen LogP contribution in [0.3, 0.4) is 0 Å². The monoisotopic (exact) mass is 380 g/mol. The predicted molar refractivity (Wildman–Crippen MR) is 107 cm³/mol. The Balaban J connectivity index is 0.00000208. The molecule has 0 unspecified atom stereocenters. The van der Waals surface area contributed by atoms with Crippen LogP contribution >= 0.6 is 35.6 Å². The summed E-state index contributed by atoms with van der Waals surface area (Å²) in [4.78, 5) is 4.75. The molecule has 5 heteroatoms. The summed E-state index contributed by atoms with van der Waals surface area (Å²) >= 11 is 12.4. The summed E-state index contributed by atoms with van der Waals surface area (Å²) in [6.07, 6.45) is 0. The Kier molecular flexibility index (Phi) is 5.97. The third-order valence-corrected chi connectivity index (χ3v) is 4.67. The van der Waals surface area contributed by atoms with Crippen LogP contribution in [-0.4, -0.2) is 4.98 Å². The highest BCUT2D eigenvalue weighted by Gasteiger charge is 2.08. The molecule has 0 bridgehead atoms. The summed E-state index contributed by atoms with van der Waals surface area (Å²) in [5, 5.41) is 5.86. The number of rotatable bonds is 3. The second kappa shape index (κ2) is 7.60. The zero-order chi connectivity index (χ0) is 16.6. The molecule has 1 N–H and O–H groups in total. The first kappa shape index (κ1) is 18.9. The van der Waals surface area contributed by atoms with Crippen LogP contribution in [-0.2, 0) is 6.54 Å². The first-order chi connectivity index (χ1) is 11.0. The zero-order valence-electron chi connectivity index (χ0n) is 13.8. The summed E-state index contributed by atoms with van der Waals surface area (Å²) < 4.78 is 0. The summed E-state index contributed by atoms with van der Waals surface area (Å²) in [6.45, 7) is 6.85. The van der Waals surface area contributed by atoms with E-state index in [9.17, 15) is 0 Å². The van der Waals surface area contributed by atoms with Crippen LogP contribution in [0.1, 0.15) is 22.3 Å². The van der Waals surface area contributed by atoms with E-state index < -0.39 is 0 Å². The van der Waals surface area contributed by atoms with Crippen molar-refractivity contribution in [1.29, 1.82) is 0 Å². The lowest BCUT2D eigenvalue weighted by Gasteiger charge is -2.13. The van der Waals surface area contributed by atoms with Gasteiger partial charge in [-0.1, -0.05) is 40.9 Å². The maximum atomic E-state index is 6.22. The number of fused-ring (bicyclic) bond motifs is 1. The van der Waals surface area contributed by atoms with Gasteiger partial charge >= 0.3 is 0 Å². The molecule has 0 aliphatic rings. The number of aromatic nitrogens is 1. The lowest BCUT2D eigenvalue weighted by molar-refractivity contribution is 1.12. The van der Waals surface area contributed by atoms with Crippen LogP contribution in [0.4, 0.5) is 5.82 Å². The fraction of sp³-hybridized carbons (Fsp3) is 0.211. The second-order valence-electron chi connectivity index (χ2n) is 5.86. The van der Waals surface area contributed by atoms with Crippen molar-refractivity contribution < 1.29 is 0 Å². The number of nitrogens with one attached hydrogen (secondary N) is 1. The highest BCUT2D eigenvalue weighted by atomic mass is 35.5. The van der Waals surface area contributed by atoms with Gasteiger partial charge in [0.2, 0.25) is 0 Å². The first-order valence-corrected chi connectivity index (χ1v) is 8.26. The summed E-state index contributed by atoms with van der Waals surface area (Å²) in [5.74, 6) is 0.831. The minimum absolute atomic E-state index is 0. The van der Waals surface area contributed by atoms with Crippen molar-refractivity contribution in [2.75, 3.05) is 5.32 Å². The van der Waals surface area contributed by atoms with E-state index in [0.717, 1.165) is 16.9 Å². The van der Waals surface area contributed by atoms with Crippen molar-refractivity contribution >= 4 is 52.3 Å². The van der Waals surface area contributed by atoms with Crippen LogP contribution in [0.15, 0.2) is 36.4 Å². The van der Waals surface area contributed by atoms with Crippen LogP contribution in [0.25, 0.3) is 10.9 Å². The SMILES string of the molecule is Cc1cc(C)c2nc(NCc3c(Cl)cccc3Cl)cc(C)c2c1.Cl. The lowest BCUT2D eigenvalue weighted by atomic mass is 10.0. The molecule has 3 aromatic rings. The van der Waals surface area contributed by atoms with Crippen LogP contribution < -0.4 is 5.32 Å². The Morgan fingerprint density at radius 3 is 2.29 bits per heavy atom. The van der Waals surface area contributed by atoms with Gasteiger partial charge in [-0.2, -0.15) is 0 Å². The van der Waals surface area contributed by atoms with E-state index in [1.54, 1.807) is 0 Å². The number of nitrogens with zero attached hydrogens (tertiary/aromatic N) is 1. The molecule has 0 fully saturated rings.